The van der Waals surface area contributed by atoms with Gasteiger partial charge in [0.2, 0.25) is 15.9 Å². The lowest BCUT2D eigenvalue weighted by Crippen LogP contribution is -2.52. The van der Waals surface area contributed by atoms with Crippen LogP contribution < -0.4 is 5.32 Å². The van der Waals surface area contributed by atoms with Crippen molar-refractivity contribution in [2.24, 2.45) is 5.92 Å². The number of carbonyl (C=O) groups is 1. The van der Waals surface area contributed by atoms with Crippen LogP contribution in [0.5, 0.6) is 0 Å². The largest absolute Gasteiger partial charge is 0.342 e. The Bertz CT molecular complexity index is 539. The highest BCUT2D eigenvalue weighted by Gasteiger charge is 2.39. The van der Waals surface area contributed by atoms with Crippen LogP contribution in [0.25, 0.3) is 0 Å². The molecule has 23 heavy (non-hydrogen) atoms. The van der Waals surface area contributed by atoms with Crippen LogP contribution in [0.15, 0.2) is 0 Å². The summed E-state index contributed by atoms with van der Waals surface area (Å²) in [6, 6.07) is 1.41. The van der Waals surface area contributed by atoms with E-state index in [1.54, 1.807) is 6.92 Å². The Morgan fingerprint density at radius 2 is 1.87 bits per heavy atom. The van der Waals surface area contributed by atoms with Crippen molar-refractivity contribution in [2.75, 3.05) is 25.9 Å². The molecule has 3 saturated heterocycles. The first kappa shape index (κ1) is 17.2. The number of amides is 1. The number of hydrogen-bond donors (Lipinski definition) is 1. The standard InChI is InChI=1S/C16H29N3O3S/c1-3-23(21,22)19-8-4-5-12(11-19)16(20)18(2)15-9-13-6-7-14(10-15)17-13/h12-15,17H,3-11H2,1-2H3. The average molecular weight is 343 g/mol. The number of carbonyl (C=O) groups excluding carboxylic acids is 1. The van der Waals surface area contributed by atoms with Crippen molar-refractivity contribution in [1.29, 1.82) is 0 Å². The quantitative estimate of drug-likeness (QED) is 0.819. The SMILES string of the molecule is CCS(=O)(=O)N1CCCC(C(=O)N(C)C2CC3CCC(C2)N3)C1. The van der Waals surface area contributed by atoms with Gasteiger partial charge in [0.15, 0.2) is 0 Å². The van der Waals surface area contributed by atoms with Crippen LogP contribution in [-0.4, -0.2) is 67.5 Å². The van der Waals surface area contributed by atoms with Gasteiger partial charge in [-0.05, 0) is 45.4 Å². The first-order valence-electron chi connectivity index (χ1n) is 8.91. The summed E-state index contributed by atoms with van der Waals surface area (Å²) in [5.41, 5.74) is 0. The number of piperidine rings is 2. The van der Waals surface area contributed by atoms with Crippen molar-refractivity contribution in [3.8, 4) is 0 Å². The van der Waals surface area contributed by atoms with Gasteiger partial charge in [0.25, 0.3) is 0 Å². The topological polar surface area (TPSA) is 69.7 Å². The lowest BCUT2D eigenvalue weighted by Gasteiger charge is -2.39. The number of nitrogens with zero attached hydrogens (tertiary/aromatic N) is 2. The van der Waals surface area contributed by atoms with Crippen molar-refractivity contribution in [2.45, 2.75) is 63.6 Å². The van der Waals surface area contributed by atoms with Crippen molar-refractivity contribution in [1.82, 2.24) is 14.5 Å². The Morgan fingerprint density at radius 1 is 1.22 bits per heavy atom. The molecule has 0 saturated carbocycles. The number of rotatable bonds is 4. The fourth-order valence-electron chi connectivity index (χ4n) is 4.39. The molecule has 0 aromatic rings. The summed E-state index contributed by atoms with van der Waals surface area (Å²) in [5, 5.41) is 3.60. The van der Waals surface area contributed by atoms with Crippen LogP contribution in [0, 0.1) is 5.92 Å². The molecule has 3 fully saturated rings. The second-order valence-electron chi connectivity index (χ2n) is 7.31. The van der Waals surface area contributed by atoms with E-state index in [9.17, 15) is 13.2 Å². The van der Waals surface area contributed by atoms with Gasteiger partial charge in [-0.2, -0.15) is 0 Å². The second-order valence-corrected chi connectivity index (χ2v) is 9.57. The fraction of sp³-hybridized carbons (Fsp3) is 0.938. The van der Waals surface area contributed by atoms with E-state index in [0.29, 0.717) is 31.2 Å². The van der Waals surface area contributed by atoms with Crippen molar-refractivity contribution in [3.05, 3.63) is 0 Å². The molecular weight excluding hydrogens is 314 g/mol. The highest BCUT2D eigenvalue weighted by Crippen LogP contribution is 2.31. The zero-order chi connectivity index (χ0) is 16.6. The maximum atomic E-state index is 12.9. The van der Waals surface area contributed by atoms with E-state index in [1.165, 1.54) is 17.1 Å². The van der Waals surface area contributed by atoms with E-state index in [-0.39, 0.29) is 17.6 Å². The van der Waals surface area contributed by atoms with Crippen molar-refractivity contribution < 1.29 is 13.2 Å². The summed E-state index contributed by atoms with van der Waals surface area (Å²) in [7, 11) is -1.29. The van der Waals surface area contributed by atoms with E-state index in [2.05, 4.69) is 5.32 Å². The number of nitrogens with one attached hydrogen (secondary N) is 1. The van der Waals surface area contributed by atoms with Crippen LogP contribution in [0.3, 0.4) is 0 Å². The molecule has 0 spiro atoms. The maximum Gasteiger partial charge on any atom is 0.227 e. The first-order valence-corrected chi connectivity index (χ1v) is 10.5. The monoisotopic (exact) mass is 343 g/mol. The minimum absolute atomic E-state index is 0.113. The Hall–Kier alpha value is -0.660. The van der Waals surface area contributed by atoms with Crippen molar-refractivity contribution >= 4 is 15.9 Å². The van der Waals surface area contributed by atoms with Crippen LogP contribution in [-0.2, 0) is 14.8 Å². The van der Waals surface area contributed by atoms with Gasteiger partial charge in [-0.15, -0.1) is 0 Å². The van der Waals surface area contributed by atoms with Gasteiger partial charge in [-0.25, -0.2) is 12.7 Å². The Balaban J connectivity index is 1.63. The summed E-state index contributed by atoms with van der Waals surface area (Å²) in [6.45, 7) is 2.58. The Morgan fingerprint density at radius 3 is 2.48 bits per heavy atom. The second kappa shape index (κ2) is 6.69. The molecular formula is C16H29N3O3S. The molecule has 1 amide bonds. The van der Waals surface area contributed by atoms with E-state index < -0.39 is 10.0 Å². The predicted molar refractivity (Wildman–Crippen MR) is 89.5 cm³/mol. The summed E-state index contributed by atoms with van der Waals surface area (Å²) in [4.78, 5) is 14.8. The van der Waals surface area contributed by atoms with E-state index >= 15 is 0 Å². The van der Waals surface area contributed by atoms with E-state index in [4.69, 9.17) is 0 Å². The number of hydrogen-bond acceptors (Lipinski definition) is 4. The lowest BCUT2D eigenvalue weighted by atomic mass is 9.94. The summed E-state index contributed by atoms with van der Waals surface area (Å²) >= 11 is 0. The Labute approximate surface area is 139 Å². The van der Waals surface area contributed by atoms with E-state index in [1.807, 2.05) is 11.9 Å². The zero-order valence-electron chi connectivity index (χ0n) is 14.2. The first-order chi connectivity index (χ1) is 10.9. The highest BCUT2D eigenvalue weighted by molar-refractivity contribution is 7.89. The molecule has 3 aliphatic heterocycles. The van der Waals surface area contributed by atoms with E-state index in [0.717, 1.165) is 25.7 Å². The van der Waals surface area contributed by atoms with Gasteiger partial charge in [-0.3, -0.25) is 4.79 Å². The average Bonchev–Trinajstić information content (AvgIpc) is 2.91. The highest BCUT2D eigenvalue weighted by atomic mass is 32.2. The molecule has 0 aromatic carbocycles. The molecule has 2 bridgehead atoms. The molecule has 0 radical (unpaired) electrons. The minimum Gasteiger partial charge on any atom is -0.342 e. The van der Waals surface area contributed by atoms with Gasteiger partial charge in [0.05, 0.1) is 11.7 Å². The zero-order valence-corrected chi connectivity index (χ0v) is 15.0. The third-order valence-electron chi connectivity index (χ3n) is 5.84. The molecule has 3 rings (SSSR count). The normalized spacial score (nSPS) is 35.2. The maximum absolute atomic E-state index is 12.9. The molecule has 0 aliphatic carbocycles. The van der Waals surface area contributed by atoms with Gasteiger partial charge in [0, 0.05) is 38.3 Å². The molecule has 6 nitrogen and oxygen atoms in total. The Kier molecular flexibility index (Phi) is 4.99. The smallest absolute Gasteiger partial charge is 0.227 e. The molecule has 132 valence electrons. The molecule has 7 heteroatoms. The van der Waals surface area contributed by atoms with Crippen LogP contribution in [0.2, 0.25) is 0 Å². The molecule has 0 aromatic heterocycles. The molecule has 3 unspecified atom stereocenters. The summed E-state index contributed by atoms with van der Waals surface area (Å²) in [6.07, 6.45) is 6.08. The lowest BCUT2D eigenvalue weighted by molar-refractivity contribution is -0.138. The van der Waals surface area contributed by atoms with Gasteiger partial charge in [0.1, 0.15) is 0 Å². The number of sulfonamides is 1. The van der Waals surface area contributed by atoms with Gasteiger partial charge >= 0.3 is 0 Å². The molecule has 1 N–H and O–H groups in total. The predicted octanol–water partition coefficient (Wildman–Crippen LogP) is 0.790. The van der Waals surface area contributed by atoms with Gasteiger partial charge in [-0.1, -0.05) is 0 Å². The van der Waals surface area contributed by atoms with Gasteiger partial charge < -0.3 is 10.2 Å². The molecule has 3 atom stereocenters. The van der Waals surface area contributed by atoms with Crippen LogP contribution in [0.4, 0.5) is 0 Å². The molecule has 3 heterocycles. The number of fused-ring (bicyclic) bond motifs is 2. The summed E-state index contributed by atoms with van der Waals surface area (Å²) in [5.74, 6) is 0.0661. The van der Waals surface area contributed by atoms with Crippen LogP contribution >= 0.6 is 0 Å². The third kappa shape index (κ3) is 3.56. The van der Waals surface area contributed by atoms with Crippen LogP contribution in [0.1, 0.15) is 45.4 Å². The van der Waals surface area contributed by atoms with Crippen molar-refractivity contribution in [3.63, 3.8) is 0 Å². The molecule has 3 aliphatic rings. The minimum atomic E-state index is -3.19. The fourth-order valence-corrected chi connectivity index (χ4v) is 5.57. The third-order valence-corrected chi connectivity index (χ3v) is 7.68. The summed E-state index contributed by atoms with van der Waals surface area (Å²) < 4.78 is 25.7.